The zero-order chi connectivity index (χ0) is 49.8. The van der Waals surface area contributed by atoms with Gasteiger partial charge in [-0.2, -0.15) is 0 Å². The normalized spacial score (nSPS) is 14.8. The summed E-state index contributed by atoms with van der Waals surface area (Å²) in [6.07, 6.45) is 8.44. The second kappa shape index (κ2) is 16.7. The van der Waals surface area contributed by atoms with Gasteiger partial charge in [0.2, 0.25) is 0 Å². The molecule has 1 aliphatic heterocycles. The number of furan rings is 2. The summed E-state index contributed by atoms with van der Waals surface area (Å²) >= 11 is 0. The molecule has 76 heavy (non-hydrogen) atoms. The Bertz CT molecular complexity index is 4750. The lowest BCUT2D eigenvalue weighted by Crippen LogP contribution is -2.15. The summed E-state index contributed by atoms with van der Waals surface area (Å²) in [5.41, 5.74) is 16.9. The summed E-state index contributed by atoms with van der Waals surface area (Å²) in [6, 6.07) is 76.7. The van der Waals surface area contributed by atoms with Crippen LogP contribution in [0.15, 0.2) is 252 Å². The first-order chi connectivity index (χ1) is 37.6. The smallest absolute Gasteiger partial charge is 0.164 e. The van der Waals surface area contributed by atoms with Gasteiger partial charge in [-0.3, -0.25) is 0 Å². The number of para-hydroxylation sites is 2. The lowest BCUT2D eigenvalue weighted by Gasteiger charge is -2.13. The van der Waals surface area contributed by atoms with Crippen LogP contribution in [0.2, 0.25) is 0 Å². The molecule has 7 nitrogen and oxygen atoms in total. The highest BCUT2D eigenvalue weighted by molar-refractivity contribution is 6.19. The van der Waals surface area contributed by atoms with Gasteiger partial charge >= 0.3 is 0 Å². The maximum absolute atomic E-state index is 7.00. The molecule has 5 heterocycles. The SMILES string of the molecule is C1=CC2Oc3cc(-c4nc(-c5ccccc5)nc(-c5cccc6oc7ccc(-c8ccc(-n9c%10ccccc%10c%10cc(-c%11cccc(-c%12ccccc%12)c%11)ccc%109)c9oc%10ccccc%10c89)cc7c56)n4)ccc3C2C=C1. The van der Waals surface area contributed by atoms with Crippen molar-refractivity contribution in [3.05, 3.63) is 248 Å². The van der Waals surface area contributed by atoms with Crippen molar-refractivity contribution >= 4 is 65.7 Å². The molecule has 0 saturated heterocycles. The standard InChI is InChI=1S/C69H42N4O3/c1-3-15-41(16-4-1)43-19-13-20-44(37-43)45-30-34-57-54(38-45)49-21-7-10-25-56(49)73(57)58-35-33-48(65-52-23-9-12-27-60(52)76-66(58)65)46-31-36-61-55(39-46)64-53(24-14-28-62(64)74-61)69-71-67(42-17-5-2-6-18-42)70-68(72-69)47-29-32-51-50-22-8-11-26-59(50)75-63(51)40-47/h1-40,50,59H. The topological polar surface area (TPSA) is 79.1 Å². The fourth-order valence-corrected chi connectivity index (χ4v) is 11.9. The van der Waals surface area contributed by atoms with Crippen LogP contribution in [-0.2, 0) is 0 Å². The lowest BCUT2D eigenvalue weighted by molar-refractivity contribution is 0.269. The van der Waals surface area contributed by atoms with Crippen LogP contribution < -0.4 is 4.74 Å². The van der Waals surface area contributed by atoms with Crippen molar-refractivity contribution in [1.29, 1.82) is 0 Å². The summed E-state index contributed by atoms with van der Waals surface area (Å²) in [6.45, 7) is 0. The largest absolute Gasteiger partial charge is 0.485 e. The first-order valence-electron chi connectivity index (χ1n) is 25.7. The first kappa shape index (κ1) is 42.4. The highest BCUT2D eigenvalue weighted by atomic mass is 16.5. The van der Waals surface area contributed by atoms with E-state index in [2.05, 4.69) is 193 Å². The predicted octanol–water partition coefficient (Wildman–Crippen LogP) is 17.7. The van der Waals surface area contributed by atoms with Crippen molar-refractivity contribution in [2.24, 2.45) is 0 Å². The molecule has 16 rings (SSSR count). The second-order valence-corrected chi connectivity index (χ2v) is 19.8. The van der Waals surface area contributed by atoms with Gasteiger partial charge in [-0.15, -0.1) is 0 Å². The van der Waals surface area contributed by atoms with E-state index in [-0.39, 0.29) is 12.0 Å². The van der Waals surface area contributed by atoms with E-state index in [0.717, 1.165) is 105 Å². The van der Waals surface area contributed by atoms with E-state index in [0.29, 0.717) is 17.5 Å². The lowest BCUT2D eigenvalue weighted by atomic mass is 9.91. The monoisotopic (exact) mass is 974 g/mol. The van der Waals surface area contributed by atoms with Crippen LogP contribution in [0.25, 0.3) is 139 Å². The molecule has 14 aromatic rings. The molecule has 4 aromatic heterocycles. The van der Waals surface area contributed by atoms with Crippen molar-refractivity contribution in [1.82, 2.24) is 19.5 Å². The molecule has 0 saturated carbocycles. The molecule has 0 radical (unpaired) electrons. The number of aromatic nitrogens is 4. The average Bonchev–Trinajstić information content (AvgIpc) is 4.27. The van der Waals surface area contributed by atoms with Crippen LogP contribution in [0.3, 0.4) is 0 Å². The van der Waals surface area contributed by atoms with Crippen LogP contribution in [0.1, 0.15) is 11.5 Å². The van der Waals surface area contributed by atoms with Gasteiger partial charge in [0, 0.05) is 60.5 Å². The highest BCUT2D eigenvalue weighted by Gasteiger charge is 2.32. The molecule has 0 bridgehead atoms. The third-order valence-electron chi connectivity index (χ3n) is 15.4. The molecule has 2 atom stereocenters. The maximum Gasteiger partial charge on any atom is 0.164 e. The molecule has 356 valence electrons. The van der Waals surface area contributed by atoms with Gasteiger partial charge in [-0.1, -0.05) is 176 Å². The van der Waals surface area contributed by atoms with E-state index >= 15 is 0 Å². The Morgan fingerprint density at radius 1 is 0.368 bits per heavy atom. The van der Waals surface area contributed by atoms with Gasteiger partial charge in [-0.05, 0) is 100 Å². The molecular formula is C69H42N4O3. The van der Waals surface area contributed by atoms with Gasteiger partial charge in [0.25, 0.3) is 0 Å². The Kier molecular flexibility index (Phi) is 9.32. The van der Waals surface area contributed by atoms with Crippen molar-refractivity contribution < 1.29 is 13.6 Å². The van der Waals surface area contributed by atoms with E-state index in [4.69, 9.17) is 28.5 Å². The molecule has 10 aromatic carbocycles. The van der Waals surface area contributed by atoms with E-state index in [1.54, 1.807) is 0 Å². The number of allylic oxidation sites excluding steroid dienone is 2. The number of ether oxygens (including phenoxy) is 1. The Labute approximate surface area is 436 Å². The molecular weight excluding hydrogens is 933 g/mol. The summed E-state index contributed by atoms with van der Waals surface area (Å²) < 4.78 is 22.5. The number of benzene rings is 10. The maximum atomic E-state index is 7.00. The van der Waals surface area contributed by atoms with Crippen molar-refractivity contribution in [2.75, 3.05) is 0 Å². The van der Waals surface area contributed by atoms with Crippen LogP contribution >= 0.6 is 0 Å². The highest BCUT2D eigenvalue weighted by Crippen LogP contribution is 2.46. The second-order valence-electron chi connectivity index (χ2n) is 19.8. The molecule has 2 aliphatic rings. The Morgan fingerprint density at radius 2 is 1.01 bits per heavy atom. The third kappa shape index (κ3) is 6.65. The quantitative estimate of drug-likeness (QED) is 0.158. The van der Waals surface area contributed by atoms with Crippen LogP contribution in [0.5, 0.6) is 5.75 Å². The van der Waals surface area contributed by atoms with E-state index in [1.807, 2.05) is 54.6 Å². The zero-order valence-electron chi connectivity index (χ0n) is 40.8. The predicted molar refractivity (Wildman–Crippen MR) is 307 cm³/mol. The van der Waals surface area contributed by atoms with Crippen molar-refractivity contribution in [2.45, 2.75) is 12.0 Å². The number of hydrogen-bond donors (Lipinski definition) is 0. The molecule has 0 spiro atoms. The first-order valence-corrected chi connectivity index (χ1v) is 25.7. The Hall–Kier alpha value is -10.1. The molecule has 0 N–H and O–H groups in total. The zero-order valence-corrected chi connectivity index (χ0v) is 40.8. The van der Waals surface area contributed by atoms with Crippen LogP contribution in [-0.4, -0.2) is 25.6 Å². The summed E-state index contributed by atoms with van der Waals surface area (Å²) in [5, 5.41) is 6.32. The molecule has 0 fully saturated rings. The minimum absolute atomic E-state index is 0.0215. The minimum Gasteiger partial charge on any atom is -0.485 e. The fraction of sp³-hybridized carbons (Fsp3) is 0.0290. The molecule has 7 heteroatoms. The Morgan fingerprint density at radius 3 is 1.89 bits per heavy atom. The summed E-state index contributed by atoms with van der Waals surface area (Å²) in [5.74, 6) is 2.73. The number of hydrogen-bond acceptors (Lipinski definition) is 6. The van der Waals surface area contributed by atoms with E-state index in [9.17, 15) is 0 Å². The summed E-state index contributed by atoms with van der Waals surface area (Å²) in [7, 11) is 0. The molecule has 1 aliphatic carbocycles. The van der Waals surface area contributed by atoms with Crippen molar-refractivity contribution in [3.63, 3.8) is 0 Å². The van der Waals surface area contributed by atoms with Gasteiger partial charge in [0.05, 0.1) is 16.7 Å². The van der Waals surface area contributed by atoms with Gasteiger partial charge < -0.3 is 18.1 Å². The van der Waals surface area contributed by atoms with Gasteiger partial charge in [-0.25, -0.2) is 15.0 Å². The number of rotatable bonds is 7. The minimum atomic E-state index is -0.0215. The summed E-state index contributed by atoms with van der Waals surface area (Å²) in [4.78, 5) is 15.5. The van der Waals surface area contributed by atoms with E-state index in [1.165, 1.54) is 27.5 Å². The Balaban J connectivity index is 0.850. The van der Waals surface area contributed by atoms with Crippen LogP contribution in [0, 0.1) is 0 Å². The molecule has 2 unspecified atom stereocenters. The fourth-order valence-electron chi connectivity index (χ4n) is 11.9. The number of nitrogens with zero attached hydrogens (tertiary/aromatic N) is 4. The van der Waals surface area contributed by atoms with Gasteiger partial charge in [0.1, 0.15) is 28.6 Å². The number of fused-ring (bicyclic) bond motifs is 12. The van der Waals surface area contributed by atoms with Crippen LogP contribution in [0.4, 0.5) is 0 Å². The molecule has 0 amide bonds. The average molecular weight is 975 g/mol. The van der Waals surface area contributed by atoms with Gasteiger partial charge in [0.15, 0.2) is 23.1 Å². The van der Waals surface area contributed by atoms with Crippen molar-refractivity contribution in [3.8, 4) is 79.0 Å². The van der Waals surface area contributed by atoms with E-state index < -0.39 is 0 Å². The third-order valence-corrected chi connectivity index (χ3v) is 15.4.